The molecule has 3 N–H and O–H groups in total. The van der Waals surface area contributed by atoms with Crippen LogP contribution in [0.2, 0.25) is 10.0 Å². The minimum atomic E-state index is -5.47. The number of carbonyl (C=O) groups excluding carboxylic acids is 2. The number of H-pyrrole nitrogens is 1. The summed E-state index contributed by atoms with van der Waals surface area (Å²) in [6, 6.07) is 10.3. The second-order valence-electron chi connectivity index (χ2n) is 6.96. The Morgan fingerprint density at radius 1 is 1.00 bits per heavy atom. The molecule has 0 radical (unpaired) electrons. The van der Waals surface area contributed by atoms with E-state index in [9.17, 15) is 32.3 Å². The highest BCUT2D eigenvalue weighted by Gasteiger charge is 2.68. The van der Waals surface area contributed by atoms with Gasteiger partial charge in [-0.3, -0.25) is 19.4 Å². The van der Waals surface area contributed by atoms with Gasteiger partial charge in [0.2, 0.25) is 0 Å². The monoisotopic (exact) mass is 498 g/mol. The minimum absolute atomic E-state index is 0.0105. The maximum absolute atomic E-state index is 14.4. The van der Waals surface area contributed by atoms with Crippen LogP contribution in [0.1, 0.15) is 15.9 Å². The zero-order valence-electron chi connectivity index (χ0n) is 16.1. The minimum Gasteiger partial charge on any atom is -0.326 e. The largest absolute Gasteiger partial charge is 0.425 e. The van der Waals surface area contributed by atoms with Crippen LogP contribution in [-0.2, 0) is 10.3 Å². The van der Waals surface area contributed by atoms with E-state index < -0.39 is 46.2 Å². The van der Waals surface area contributed by atoms with Crippen LogP contribution in [0, 0.1) is 0 Å². The summed E-state index contributed by atoms with van der Waals surface area (Å²) >= 11 is 11.6. The Kier molecular flexibility index (Phi) is 5.33. The van der Waals surface area contributed by atoms with Gasteiger partial charge in [-0.05, 0) is 42.5 Å². The Labute approximate surface area is 191 Å². The summed E-state index contributed by atoms with van der Waals surface area (Å²) in [6.07, 6.45) is -5.47. The summed E-state index contributed by atoms with van der Waals surface area (Å²) in [5, 5.41) is 3.91. The molecule has 2 amide bonds. The number of halogens is 5. The number of hydrogen-bond donors (Lipinski definition) is 3. The first kappa shape index (κ1) is 22.6. The van der Waals surface area contributed by atoms with Crippen molar-refractivity contribution < 1.29 is 22.8 Å². The fourth-order valence-corrected chi connectivity index (χ4v) is 3.80. The van der Waals surface area contributed by atoms with Gasteiger partial charge in [0.15, 0.2) is 0 Å². The molecule has 0 fully saturated rings. The highest BCUT2D eigenvalue weighted by Crippen LogP contribution is 2.45. The van der Waals surface area contributed by atoms with Gasteiger partial charge in [0.05, 0.1) is 5.69 Å². The number of aromatic nitrogens is 2. The van der Waals surface area contributed by atoms with Crippen molar-refractivity contribution in [2.24, 2.45) is 0 Å². The van der Waals surface area contributed by atoms with Gasteiger partial charge in [-0.2, -0.15) is 13.2 Å². The van der Waals surface area contributed by atoms with Crippen molar-refractivity contribution in [2.75, 3.05) is 5.32 Å². The maximum Gasteiger partial charge on any atom is 0.425 e. The number of fused-ring (bicyclic) bond motifs is 1. The van der Waals surface area contributed by atoms with Gasteiger partial charge in [-0.1, -0.05) is 29.3 Å². The van der Waals surface area contributed by atoms with Crippen LogP contribution in [0.25, 0.3) is 5.69 Å². The van der Waals surface area contributed by atoms with Crippen molar-refractivity contribution in [1.29, 1.82) is 0 Å². The summed E-state index contributed by atoms with van der Waals surface area (Å²) in [4.78, 5) is 52.3. The lowest BCUT2D eigenvalue weighted by atomic mass is 9.91. The number of nitrogens with one attached hydrogen (secondary N) is 3. The first-order chi connectivity index (χ1) is 15.5. The van der Waals surface area contributed by atoms with Gasteiger partial charge >= 0.3 is 11.9 Å². The fourth-order valence-electron chi connectivity index (χ4n) is 3.49. The molecule has 1 aliphatic heterocycles. The quantitative estimate of drug-likeness (QED) is 0.515. The summed E-state index contributed by atoms with van der Waals surface area (Å²) in [5.74, 6) is -3.82. The predicted molar refractivity (Wildman–Crippen MR) is 113 cm³/mol. The summed E-state index contributed by atoms with van der Waals surface area (Å²) < 4.78 is 43.9. The SMILES string of the molecule is O=C(N[C@@]1(C(F)(F)F)C(=O)Nc2c1c(=O)[nH]c(=O)n2-c1ccc(Cl)cc1)c1cccc(Cl)c1. The number of aromatic amines is 1. The van der Waals surface area contributed by atoms with E-state index in [1.165, 1.54) is 42.5 Å². The van der Waals surface area contributed by atoms with E-state index in [1.807, 2.05) is 5.32 Å². The molecule has 0 spiro atoms. The third-order valence-corrected chi connectivity index (χ3v) is 5.44. The number of carbonyl (C=O) groups is 2. The third-order valence-electron chi connectivity index (χ3n) is 4.96. The Bertz CT molecular complexity index is 1420. The van der Waals surface area contributed by atoms with Crippen molar-refractivity contribution >= 4 is 40.8 Å². The molecule has 170 valence electrons. The van der Waals surface area contributed by atoms with Crippen LogP contribution in [0.5, 0.6) is 0 Å². The van der Waals surface area contributed by atoms with Crippen LogP contribution in [0.4, 0.5) is 19.0 Å². The smallest absolute Gasteiger partial charge is 0.326 e. The normalized spacial score (nSPS) is 17.4. The number of nitrogens with zero attached hydrogens (tertiary/aromatic N) is 1. The fraction of sp³-hybridized carbons (Fsp3) is 0.100. The Hall–Kier alpha value is -3.57. The number of alkyl halides is 3. The molecule has 0 unspecified atom stereocenters. The Morgan fingerprint density at radius 2 is 1.67 bits per heavy atom. The average Bonchev–Trinajstić information content (AvgIpc) is 3.02. The maximum atomic E-state index is 14.4. The zero-order chi connectivity index (χ0) is 24.1. The van der Waals surface area contributed by atoms with Crippen LogP contribution >= 0.6 is 23.2 Å². The molecule has 1 atom stereocenters. The standard InChI is InChI=1S/C20H11Cl2F3N4O4/c21-10-4-6-12(7-5-10)29-14-13(16(31)27-18(29)33)19(17(32)26-14,20(23,24)25)28-15(30)9-2-1-3-11(22)8-9/h1-8H,(H,26,32)(H,28,30)(H,27,31,33)/t19-/m1/s1. The second kappa shape index (κ2) is 7.78. The van der Waals surface area contributed by atoms with Gasteiger partial charge in [-0.15, -0.1) is 0 Å². The zero-order valence-corrected chi connectivity index (χ0v) is 17.6. The molecule has 1 aromatic heterocycles. The molecule has 33 heavy (non-hydrogen) atoms. The number of rotatable bonds is 3. The van der Waals surface area contributed by atoms with Crippen molar-refractivity contribution in [1.82, 2.24) is 14.9 Å². The van der Waals surface area contributed by atoms with E-state index in [0.717, 1.165) is 6.07 Å². The Morgan fingerprint density at radius 3 is 2.27 bits per heavy atom. The van der Waals surface area contributed by atoms with E-state index in [0.29, 0.717) is 4.57 Å². The van der Waals surface area contributed by atoms with E-state index in [4.69, 9.17) is 23.2 Å². The highest BCUT2D eigenvalue weighted by atomic mass is 35.5. The van der Waals surface area contributed by atoms with Crippen LogP contribution in [0.15, 0.2) is 58.1 Å². The second-order valence-corrected chi connectivity index (χ2v) is 7.83. The van der Waals surface area contributed by atoms with E-state index in [1.54, 1.807) is 10.3 Å². The number of anilines is 1. The lowest BCUT2D eigenvalue weighted by Crippen LogP contribution is -2.62. The van der Waals surface area contributed by atoms with Crippen molar-refractivity contribution in [3.63, 3.8) is 0 Å². The van der Waals surface area contributed by atoms with Gasteiger partial charge < -0.3 is 10.6 Å². The van der Waals surface area contributed by atoms with Crippen LogP contribution < -0.4 is 21.9 Å². The molecule has 13 heteroatoms. The number of amides is 2. The van der Waals surface area contributed by atoms with Crippen molar-refractivity contribution in [3.8, 4) is 5.69 Å². The molecule has 0 saturated heterocycles. The predicted octanol–water partition coefficient (Wildman–Crippen LogP) is 2.97. The summed E-state index contributed by atoms with van der Waals surface area (Å²) in [6.45, 7) is 0. The van der Waals surface area contributed by atoms with Gasteiger partial charge in [0.1, 0.15) is 11.4 Å². The topological polar surface area (TPSA) is 113 Å². The molecule has 4 rings (SSSR count). The van der Waals surface area contributed by atoms with Gasteiger partial charge in [0.25, 0.3) is 22.9 Å². The molecule has 3 aromatic rings. The molecular weight excluding hydrogens is 488 g/mol. The lowest BCUT2D eigenvalue weighted by Gasteiger charge is -2.30. The molecule has 0 bridgehead atoms. The first-order valence-electron chi connectivity index (χ1n) is 9.07. The summed E-state index contributed by atoms with van der Waals surface area (Å²) in [5.41, 5.74) is -7.85. The van der Waals surface area contributed by atoms with Crippen molar-refractivity contribution in [2.45, 2.75) is 11.7 Å². The van der Waals surface area contributed by atoms with Gasteiger partial charge in [0, 0.05) is 15.6 Å². The van der Waals surface area contributed by atoms with Gasteiger partial charge in [-0.25, -0.2) is 9.36 Å². The third kappa shape index (κ3) is 3.58. The highest BCUT2D eigenvalue weighted by molar-refractivity contribution is 6.31. The molecule has 1 aliphatic rings. The molecule has 2 heterocycles. The average molecular weight is 499 g/mol. The van der Waals surface area contributed by atoms with Crippen LogP contribution in [0.3, 0.4) is 0 Å². The molecule has 0 aliphatic carbocycles. The first-order valence-corrected chi connectivity index (χ1v) is 9.83. The number of benzene rings is 2. The lowest BCUT2D eigenvalue weighted by molar-refractivity contribution is -0.196. The van der Waals surface area contributed by atoms with E-state index in [-0.39, 0.29) is 21.3 Å². The molecule has 0 saturated carbocycles. The molecule has 8 nitrogen and oxygen atoms in total. The van der Waals surface area contributed by atoms with Crippen LogP contribution in [-0.4, -0.2) is 27.5 Å². The van der Waals surface area contributed by atoms with E-state index in [2.05, 4.69) is 0 Å². The number of hydrogen-bond acceptors (Lipinski definition) is 4. The van der Waals surface area contributed by atoms with Crippen molar-refractivity contribution in [3.05, 3.63) is 90.5 Å². The summed E-state index contributed by atoms with van der Waals surface area (Å²) in [7, 11) is 0. The van der Waals surface area contributed by atoms with E-state index >= 15 is 0 Å². The molecule has 2 aromatic carbocycles. The Balaban J connectivity index is 1.97. The molecular formula is C20H11Cl2F3N4O4.